The molecule has 1 aliphatic rings. The third-order valence-electron chi connectivity index (χ3n) is 3.38. The van der Waals surface area contributed by atoms with Crippen molar-refractivity contribution in [2.24, 2.45) is 7.05 Å². The van der Waals surface area contributed by atoms with E-state index in [-0.39, 0.29) is 18.1 Å². The van der Waals surface area contributed by atoms with Crippen molar-refractivity contribution in [2.45, 2.75) is 37.8 Å². The monoisotopic (exact) mass is 290 g/mol. The predicted molar refractivity (Wildman–Crippen MR) is 71.2 cm³/mol. The Balaban J connectivity index is 2.01. The van der Waals surface area contributed by atoms with E-state index < -0.39 is 0 Å². The topological polar surface area (TPSA) is 54.3 Å². The quantitative estimate of drug-likeness (QED) is 0.879. The van der Waals surface area contributed by atoms with Gasteiger partial charge in [0.15, 0.2) is 0 Å². The minimum absolute atomic E-state index is 0.119. The standard InChI is InChI=1S/C12H16Cl2N2O2/c1-16-10(6-9(13)11(16)14)12(18)15-7-2-4-8(17)5-3-7/h6-8,17H,2-5H2,1H3,(H,15,18). The second-order valence-corrected chi connectivity index (χ2v) is 5.47. The molecule has 2 N–H and O–H groups in total. The number of nitrogens with zero attached hydrogens (tertiary/aromatic N) is 1. The van der Waals surface area contributed by atoms with Gasteiger partial charge in [0.1, 0.15) is 10.8 Å². The van der Waals surface area contributed by atoms with Crippen LogP contribution in [0.2, 0.25) is 10.2 Å². The van der Waals surface area contributed by atoms with Gasteiger partial charge in [-0.2, -0.15) is 0 Å². The second-order valence-electron chi connectivity index (χ2n) is 4.71. The molecular formula is C12H16Cl2N2O2. The molecule has 4 nitrogen and oxygen atoms in total. The Kier molecular flexibility index (Phi) is 4.20. The average Bonchev–Trinajstić information content (AvgIpc) is 2.60. The van der Waals surface area contributed by atoms with Crippen molar-refractivity contribution < 1.29 is 9.90 Å². The molecule has 18 heavy (non-hydrogen) atoms. The van der Waals surface area contributed by atoms with E-state index >= 15 is 0 Å². The molecule has 0 spiro atoms. The lowest BCUT2D eigenvalue weighted by Gasteiger charge is -2.26. The number of hydrogen-bond acceptors (Lipinski definition) is 2. The number of carbonyl (C=O) groups excluding carboxylic acids is 1. The van der Waals surface area contributed by atoms with Crippen LogP contribution in [-0.2, 0) is 7.05 Å². The highest BCUT2D eigenvalue weighted by Gasteiger charge is 2.23. The second kappa shape index (κ2) is 5.51. The summed E-state index contributed by atoms with van der Waals surface area (Å²) < 4.78 is 1.57. The van der Waals surface area contributed by atoms with Crippen molar-refractivity contribution in [3.8, 4) is 0 Å². The Morgan fingerprint density at radius 2 is 2.00 bits per heavy atom. The van der Waals surface area contributed by atoms with Gasteiger partial charge < -0.3 is 15.0 Å². The lowest BCUT2D eigenvalue weighted by molar-refractivity contribution is 0.0860. The number of hydrogen-bond donors (Lipinski definition) is 2. The van der Waals surface area contributed by atoms with Crippen LogP contribution in [-0.4, -0.2) is 27.7 Å². The predicted octanol–water partition coefficient (Wildman–Crippen LogP) is 2.37. The smallest absolute Gasteiger partial charge is 0.268 e. The first-order valence-corrected chi connectivity index (χ1v) is 6.74. The minimum atomic E-state index is -0.225. The maximum Gasteiger partial charge on any atom is 0.268 e. The Hall–Kier alpha value is -0.710. The van der Waals surface area contributed by atoms with Crippen molar-refractivity contribution in [3.63, 3.8) is 0 Å². The number of halogens is 2. The molecular weight excluding hydrogens is 275 g/mol. The first kappa shape index (κ1) is 13.7. The molecule has 0 aliphatic heterocycles. The molecule has 1 aromatic rings. The van der Waals surface area contributed by atoms with Gasteiger partial charge in [0, 0.05) is 13.1 Å². The maximum absolute atomic E-state index is 12.1. The summed E-state index contributed by atoms with van der Waals surface area (Å²) in [6, 6.07) is 1.69. The van der Waals surface area contributed by atoms with Crippen LogP contribution < -0.4 is 5.32 Å². The van der Waals surface area contributed by atoms with Crippen LogP contribution in [0.15, 0.2) is 6.07 Å². The number of amides is 1. The minimum Gasteiger partial charge on any atom is -0.393 e. The highest BCUT2D eigenvalue weighted by atomic mass is 35.5. The number of aromatic nitrogens is 1. The molecule has 0 radical (unpaired) electrons. The van der Waals surface area contributed by atoms with E-state index in [1.165, 1.54) is 0 Å². The van der Waals surface area contributed by atoms with Gasteiger partial charge in [-0.15, -0.1) is 0 Å². The molecule has 100 valence electrons. The number of nitrogens with one attached hydrogen (secondary N) is 1. The lowest BCUT2D eigenvalue weighted by atomic mass is 9.93. The van der Waals surface area contributed by atoms with E-state index in [1.54, 1.807) is 17.7 Å². The molecule has 1 amide bonds. The van der Waals surface area contributed by atoms with Crippen LogP contribution in [0.25, 0.3) is 0 Å². The van der Waals surface area contributed by atoms with Crippen molar-refractivity contribution in [3.05, 3.63) is 21.9 Å². The fraction of sp³-hybridized carbons (Fsp3) is 0.583. The van der Waals surface area contributed by atoms with E-state index in [9.17, 15) is 9.90 Å². The molecule has 0 saturated heterocycles. The largest absolute Gasteiger partial charge is 0.393 e. The van der Waals surface area contributed by atoms with Crippen LogP contribution in [0.4, 0.5) is 0 Å². The van der Waals surface area contributed by atoms with Gasteiger partial charge in [0.25, 0.3) is 5.91 Å². The Morgan fingerprint density at radius 1 is 1.39 bits per heavy atom. The lowest BCUT2D eigenvalue weighted by Crippen LogP contribution is -2.39. The summed E-state index contributed by atoms with van der Waals surface area (Å²) in [4.78, 5) is 12.1. The van der Waals surface area contributed by atoms with Gasteiger partial charge >= 0.3 is 0 Å². The summed E-state index contributed by atoms with van der Waals surface area (Å²) in [5, 5.41) is 13.1. The summed E-state index contributed by atoms with van der Waals surface area (Å²) >= 11 is 11.8. The molecule has 2 rings (SSSR count). The first-order chi connectivity index (χ1) is 8.49. The summed E-state index contributed by atoms with van der Waals surface area (Å²) in [6.45, 7) is 0. The molecule has 0 aromatic carbocycles. The Labute approximate surface area is 116 Å². The highest BCUT2D eigenvalue weighted by Crippen LogP contribution is 2.25. The van der Waals surface area contributed by atoms with E-state index in [0.29, 0.717) is 15.9 Å². The van der Waals surface area contributed by atoms with E-state index in [1.807, 2.05) is 0 Å². The maximum atomic E-state index is 12.1. The van der Waals surface area contributed by atoms with E-state index in [0.717, 1.165) is 25.7 Å². The molecule has 1 aromatic heterocycles. The van der Waals surface area contributed by atoms with Crippen LogP contribution in [0.1, 0.15) is 36.2 Å². The fourth-order valence-corrected chi connectivity index (χ4v) is 2.62. The van der Waals surface area contributed by atoms with E-state index in [2.05, 4.69) is 5.32 Å². The number of carbonyl (C=O) groups is 1. The normalized spacial score (nSPS) is 24.0. The Bertz CT molecular complexity index is 451. The molecule has 1 aliphatic carbocycles. The summed E-state index contributed by atoms with van der Waals surface area (Å²) in [6.07, 6.45) is 2.86. The first-order valence-electron chi connectivity index (χ1n) is 5.98. The Morgan fingerprint density at radius 3 is 2.50 bits per heavy atom. The molecule has 0 bridgehead atoms. The van der Waals surface area contributed by atoms with E-state index in [4.69, 9.17) is 23.2 Å². The van der Waals surface area contributed by atoms with Gasteiger partial charge in [-0.25, -0.2) is 0 Å². The summed E-state index contributed by atoms with van der Waals surface area (Å²) in [7, 11) is 1.70. The number of aliphatic hydroxyl groups is 1. The summed E-state index contributed by atoms with van der Waals surface area (Å²) in [5.74, 6) is -0.173. The molecule has 6 heteroatoms. The van der Waals surface area contributed by atoms with Crippen molar-refractivity contribution in [1.29, 1.82) is 0 Å². The van der Waals surface area contributed by atoms with Crippen molar-refractivity contribution in [1.82, 2.24) is 9.88 Å². The van der Waals surface area contributed by atoms with Crippen LogP contribution in [0.3, 0.4) is 0 Å². The van der Waals surface area contributed by atoms with Crippen LogP contribution in [0.5, 0.6) is 0 Å². The van der Waals surface area contributed by atoms with Gasteiger partial charge in [0.2, 0.25) is 0 Å². The van der Waals surface area contributed by atoms with Gasteiger partial charge in [0.05, 0.1) is 11.1 Å². The average molecular weight is 291 g/mol. The molecule has 1 fully saturated rings. The van der Waals surface area contributed by atoms with Crippen molar-refractivity contribution in [2.75, 3.05) is 0 Å². The van der Waals surface area contributed by atoms with Gasteiger partial charge in [-0.3, -0.25) is 4.79 Å². The molecule has 1 heterocycles. The zero-order valence-electron chi connectivity index (χ0n) is 10.1. The molecule has 1 saturated carbocycles. The van der Waals surface area contributed by atoms with Crippen LogP contribution >= 0.6 is 23.2 Å². The van der Waals surface area contributed by atoms with Gasteiger partial charge in [-0.1, -0.05) is 23.2 Å². The SMILES string of the molecule is Cn1c(C(=O)NC2CCC(O)CC2)cc(Cl)c1Cl. The third kappa shape index (κ3) is 2.82. The number of aliphatic hydroxyl groups excluding tert-OH is 1. The summed E-state index contributed by atoms with van der Waals surface area (Å²) in [5.41, 5.74) is 0.455. The zero-order chi connectivity index (χ0) is 13.3. The third-order valence-corrected chi connectivity index (χ3v) is 4.22. The van der Waals surface area contributed by atoms with Crippen LogP contribution in [0, 0.1) is 0 Å². The van der Waals surface area contributed by atoms with Crippen molar-refractivity contribution >= 4 is 29.1 Å². The fourth-order valence-electron chi connectivity index (χ4n) is 2.24. The zero-order valence-corrected chi connectivity index (χ0v) is 11.6. The number of rotatable bonds is 2. The molecule has 0 atom stereocenters. The van der Waals surface area contributed by atoms with Gasteiger partial charge in [-0.05, 0) is 31.7 Å². The molecule has 0 unspecified atom stereocenters. The highest BCUT2D eigenvalue weighted by molar-refractivity contribution is 6.41.